The number of amides is 2. The van der Waals surface area contributed by atoms with Crippen molar-refractivity contribution in [2.24, 2.45) is 0 Å². The lowest BCUT2D eigenvalue weighted by atomic mass is 9.98. The smallest absolute Gasteiger partial charge is 0.407 e. The maximum absolute atomic E-state index is 12.6. The molecule has 7 heteroatoms. The number of hydrogen-bond donors (Lipinski definition) is 3. The van der Waals surface area contributed by atoms with Crippen molar-refractivity contribution in [3.05, 3.63) is 89.5 Å². The minimum Gasteiger partial charge on any atom is -0.481 e. The number of alkyl carbamates (subject to hydrolysis) is 1. The van der Waals surface area contributed by atoms with Crippen LogP contribution in [0.15, 0.2) is 72.8 Å². The van der Waals surface area contributed by atoms with Gasteiger partial charge in [0, 0.05) is 24.1 Å². The fraction of sp³-hybridized carbons (Fsp3) is 0.250. The van der Waals surface area contributed by atoms with E-state index in [9.17, 15) is 14.4 Å². The molecule has 7 nitrogen and oxygen atoms in total. The number of rotatable bonds is 9. The number of hydrogen-bond acceptors (Lipinski definition) is 4. The first-order valence-corrected chi connectivity index (χ1v) is 11.7. The molecule has 0 bridgehead atoms. The quantitative estimate of drug-likeness (QED) is 0.408. The predicted molar refractivity (Wildman–Crippen MR) is 133 cm³/mol. The van der Waals surface area contributed by atoms with Gasteiger partial charge in [-0.1, -0.05) is 67.6 Å². The van der Waals surface area contributed by atoms with Crippen molar-refractivity contribution in [2.45, 2.75) is 38.1 Å². The van der Waals surface area contributed by atoms with Crippen molar-refractivity contribution in [3.63, 3.8) is 0 Å². The summed E-state index contributed by atoms with van der Waals surface area (Å²) in [6.07, 6.45) is -0.0551. The molecule has 0 aliphatic heterocycles. The second kappa shape index (κ2) is 10.9. The normalized spacial score (nSPS) is 12.8. The fourth-order valence-electron chi connectivity index (χ4n) is 4.47. The molecule has 3 aromatic carbocycles. The van der Waals surface area contributed by atoms with Crippen LogP contribution in [-0.4, -0.2) is 35.7 Å². The molecule has 0 spiro atoms. The third kappa shape index (κ3) is 5.87. The summed E-state index contributed by atoms with van der Waals surface area (Å²) in [6.45, 7) is 2.09. The number of ether oxygens (including phenoxy) is 1. The zero-order chi connectivity index (χ0) is 24.8. The molecule has 3 aromatic rings. The number of carboxylic acid groups (broad SMARTS) is 1. The monoisotopic (exact) mass is 472 g/mol. The van der Waals surface area contributed by atoms with Crippen LogP contribution < -0.4 is 10.6 Å². The molecule has 1 unspecified atom stereocenters. The highest BCUT2D eigenvalue weighted by atomic mass is 16.5. The Morgan fingerprint density at radius 2 is 1.60 bits per heavy atom. The summed E-state index contributed by atoms with van der Waals surface area (Å²) < 4.78 is 5.59. The van der Waals surface area contributed by atoms with Gasteiger partial charge < -0.3 is 20.5 Å². The SMILES string of the molecule is CCC(CC(=O)Nc1cccc(CC(=O)O)c1)NC(=O)OCC1c2ccccc2-c2ccccc21. The van der Waals surface area contributed by atoms with Gasteiger partial charge in [0.15, 0.2) is 0 Å². The summed E-state index contributed by atoms with van der Waals surface area (Å²) in [5, 5.41) is 14.5. The molecule has 4 rings (SSSR count). The van der Waals surface area contributed by atoms with Gasteiger partial charge in [-0.15, -0.1) is 0 Å². The highest BCUT2D eigenvalue weighted by Crippen LogP contribution is 2.44. The molecule has 0 saturated heterocycles. The van der Waals surface area contributed by atoms with E-state index in [1.807, 2.05) is 31.2 Å². The van der Waals surface area contributed by atoms with Crippen molar-refractivity contribution in [3.8, 4) is 11.1 Å². The van der Waals surface area contributed by atoms with Crippen molar-refractivity contribution in [1.82, 2.24) is 5.32 Å². The first-order chi connectivity index (χ1) is 16.9. The Bertz CT molecular complexity index is 1190. The average molecular weight is 473 g/mol. The Morgan fingerprint density at radius 3 is 2.23 bits per heavy atom. The molecule has 0 heterocycles. The van der Waals surface area contributed by atoms with Crippen LogP contribution in [0.5, 0.6) is 0 Å². The van der Waals surface area contributed by atoms with E-state index in [2.05, 4.69) is 34.9 Å². The molecule has 0 fully saturated rings. The first kappa shape index (κ1) is 24.0. The summed E-state index contributed by atoms with van der Waals surface area (Å²) in [6, 6.07) is 22.6. The van der Waals surface area contributed by atoms with Crippen LogP contribution in [0.4, 0.5) is 10.5 Å². The molecule has 0 aromatic heterocycles. The maximum atomic E-state index is 12.6. The lowest BCUT2D eigenvalue weighted by Gasteiger charge is -2.19. The van der Waals surface area contributed by atoms with Crippen LogP contribution in [0.1, 0.15) is 42.4 Å². The zero-order valence-electron chi connectivity index (χ0n) is 19.5. The number of carbonyl (C=O) groups is 3. The summed E-state index contributed by atoms with van der Waals surface area (Å²) in [7, 11) is 0. The number of carbonyl (C=O) groups excluding carboxylic acids is 2. The van der Waals surface area contributed by atoms with E-state index < -0.39 is 18.1 Å². The topological polar surface area (TPSA) is 105 Å². The Balaban J connectivity index is 1.31. The molecular formula is C28H28N2O5. The first-order valence-electron chi connectivity index (χ1n) is 11.7. The third-order valence-electron chi connectivity index (χ3n) is 6.16. The van der Waals surface area contributed by atoms with Gasteiger partial charge in [-0.2, -0.15) is 0 Å². The molecule has 180 valence electrons. The predicted octanol–water partition coefficient (Wildman–Crippen LogP) is 4.96. The summed E-state index contributed by atoms with van der Waals surface area (Å²) in [5.41, 5.74) is 5.71. The van der Waals surface area contributed by atoms with Crippen LogP contribution in [0.25, 0.3) is 11.1 Å². The highest BCUT2D eigenvalue weighted by molar-refractivity contribution is 5.91. The van der Waals surface area contributed by atoms with Crippen molar-refractivity contribution in [2.75, 3.05) is 11.9 Å². The van der Waals surface area contributed by atoms with Gasteiger partial charge in [0.25, 0.3) is 0 Å². The highest BCUT2D eigenvalue weighted by Gasteiger charge is 2.29. The molecule has 1 aliphatic carbocycles. The van der Waals surface area contributed by atoms with E-state index in [0.717, 1.165) is 22.3 Å². The third-order valence-corrected chi connectivity index (χ3v) is 6.16. The lowest BCUT2D eigenvalue weighted by molar-refractivity contribution is -0.136. The number of fused-ring (bicyclic) bond motifs is 3. The van der Waals surface area contributed by atoms with Gasteiger partial charge in [-0.05, 0) is 46.4 Å². The molecule has 1 aliphatic rings. The standard InChI is InChI=1S/C28H28N2O5/c1-2-19(16-26(31)29-20-9-7-8-18(14-20)15-27(32)33)30-28(34)35-17-25-23-12-5-3-10-21(23)22-11-4-6-13-24(22)25/h3-14,19,25H,2,15-17H2,1H3,(H,29,31)(H,30,34)(H,32,33). The van der Waals surface area contributed by atoms with Gasteiger partial charge in [0.2, 0.25) is 5.91 Å². The number of benzene rings is 3. The van der Waals surface area contributed by atoms with E-state index in [-0.39, 0.29) is 31.3 Å². The number of anilines is 1. The molecule has 3 N–H and O–H groups in total. The van der Waals surface area contributed by atoms with Crippen LogP contribution in [0.2, 0.25) is 0 Å². The molecule has 2 amide bonds. The van der Waals surface area contributed by atoms with Crippen LogP contribution in [-0.2, 0) is 20.7 Å². The molecule has 0 saturated carbocycles. The summed E-state index contributed by atoms with van der Waals surface area (Å²) >= 11 is 0. The van der Waals surface area contributed by atoms with Crippen molar-refractivity contribution in [1.29, 1.82) is 0 Å². The van der Waals surface area contributed by atoms with Gasteiger partial charge in [-0.25, -0.2) is 4.79 Å². The van der Waals surface area contributed by atoms with E-state index >= 15 is 0 Å². The van der Waals surface area contributed by atoms with Crippen molar-refractivity contribution >= 4 is 23.7 Å². The minimum absolute atomic E-state index is 0.0328. The van der Waals surface area contributed by atoms with Gasteiger partial charge >= 0.3 is 12.1 Å². The fourth-order valence-corrected chi connectivity index (χ4v) is 4.47. The Hall–Kier alpha value is -4.13. The van der Waals surface area contributed by atoms with Gasteiger partial charge in [-0.3, -0.25) is 9.59 Å². The Morgan fingerprint density at radius 1 is 0.943 bits per heavy atom. The molecule has 1 atom stereocenters. The van der Waals surface area contributed by atoms with Gasteiger partial charge in [0.05, 0.1) is 6.42 Å². The Labute approximate surface area is 204 Å². The Kier molecular flexibility index (Phi) is 7.45. The number of nitrogens with one attached hydrogen (secondary N) is 2. The summed E-state index contributed by atoms with van der Waals surface area (Å²) in [5.74, 6) is -1.25. The average Bonchev–Trinajstić information content (AvgIpc) is 3.16. The second-order valence-corrected chi connectivity index (χ2v) is 8.60. The van der Waals surface area contributed by atoms with E-state index in [0.29, 0.717) is 17.7 Å². The molecular weight excluding hydrogens is 444 g/mol. The number of aliphatic carboxylic acids is 1. The number of carboxylic acids is 1. The zero-order valence-corrected chi connectivity index (χ0v) is 19.5. The van der Waals surface area contributed by atoms with E-state index in [1.165, 1.54) is 0 Å². The molecule has 0 radical (unpaired) electrons. The largest absolute Gasteiger partial charge is 0.481 e. The van der Waals surface area contributed by atoms with Gasteiger partial charge in [0.1, 0.15) is 6.61 Å². The maximum Gasteiger partial charge on any atom is 0.407 e. The van der Waals surface area contributed by atoms with Crippen LogP contribution >= 0.6 is 0 Å². The molecule has 35 heavy (non-hydrogen) atoms. The van der Waals surface area contributed by atoms with Crippen LogP contribution in [0.3, 0.4) is 0 Å². The second-order valence-electron chi connectivity index (χ2n) is 8.60. The lowest BCUT2D eigenvalue weighted by Crippen LogP contribution is -2.38. The van der Waals surface area contributed by atoms with E-state index in [1.54, 1.807) is 24.3 Å². The van der Waals surface area contributed by atoms with E-state index in [4.69, 9.17) is 9.84 Å². The summed E-state index contributed by atoms with van der Waals surface area (Å²) in [4.78, 5) is 36.0. The minimum atomic E-state index is -0.938. The van der Waals surface area contributed by atoms with Crippen LogP contribution in [0, 0.1) is 0 Å². The van der Waals surface area contributed by atoms with Crippen molar-refractivity contribution < 1.29 is 24.2 Å².